The minimum Gasteiger partial charge on any atom is -0.486 e. The van der Waals surface area contributed by atoms with Crippen LogP contribution < -0.4 is 20.5 Å². The summed E-state index contributed by atoms with van der Waals surface area (Å²) in [6.07, 6.45) is 1.17. The number of fused-ring (bicyclic) bond motifs is 1. The van der Waals surface area contributed by atoms with Crippen molar-refractivity contribution in [2.24, 2.45) is 11.1 Å². The van der Waals surface area contributed by atoms with Crippen LogP contribution in [0.3, 0.4) is 0 Å². The van der Waals surface area contributed by atoms with Crippen LogP contribution in [0, 0.1) is 5.41 Å². The Morgan fingerprint density at radius 3 is 2.46 bits per heavy atom. The number of nitrogens with zero attached hydrogens (tertiary/aromatic N) is 1. The van der Waals surface area contributed by atoms with Crippen LogP contribution in [0.2, 0.25) is 0 Å². The zero-order valence-corrected chi connectivity index (χ0v) is 16.9. The summed E-state index contributed by atoms with van der Waals surface area (Å²) in [4.78, 5) is 27.1. The van der Waals surface area contributed by atoms with E-state index in [1.807, 2.05) is 6.92 Å². The first kappa shape index (κ1) is 22.3. The summed E-state index contributed by atoms with van der Waals surface area (Å²) in [6.45, 7) is 4.57. The maximum Gasteiger partial charge on any atom is 0.243 e. The van der Waals surface area contributed by atoms with E-state index in [2.05, 4.69) is 5.32 Å². The van der Waals surface area contributed by atoms with E-state index in [1.54, 1.807) is 23.1 Å². The number of rotatable bonds is 6. The molecule has 1 aromatic rings. The molecule has 2 heterocycles. The summed E-state index contributed by atoms with van der Waals surface area (Å²) in [5, 5.41) is 2.82. The predicted molar refractivity (Wildman–Crippen MR) is 107 cm³/mol. The van der Waals surface area contributed by atoms with Gasteiger partial charge in [-0.25, -0.2) is 0 Å². The smallest absolute Gasteiger partial charge is 0.243 e. The van der Waals surface area contributed by atoms with Gasteiger partial charge in [0.15, 0.2) is 11.5 Å². The van der Waals surface area contributed by atoms with Crippen molar-refractivity contribution in [3.8, 4) is 11.5 Å². The van der Waals surface area contributed by atoms with Gasteiger partial charge in [-0.15, -0.1) is 12.4 Å². The molecule has 1 saturated heterocycles. The number of nitrogens with one attached hydrogen (secondary N) is 1. The summed E-state index contributed by atoms with van der Waals surface area (Å²) in [5.74, 6) is 0.926. The third kappa shape index (κ3) is 4.87. The fourth-order valence-electron chi connectivity index (χ4n) is 3.43. The lowest BCUT2D eigenvalue weighted by atomic mass is 9.79. The number of nitrogens with two attached hydrogens (primary N) is 1. The molecule has 2 aliphatic heterocycles. The van der Waals surface area contributed by atoms with Crippen molar-refractivity contribution in [2.75, 3.05) is 51.4 Å². The summed E-state index contributed by atoms with van der Waals surface area (Å²) in [7, 11) is 0. The van der Waals surface area contributed by atoms with Crippen molar-refractivity contribution in [2.45, 2.75) is 19.8 Å². The van der Waals surface area contributed by atoms with Crippen LogP contribution in [-0.2, 0) is 14.3 Å². The monoisotopic (exact) mass is 413 g/mol. The second kappa shape index (κ2) is 9.95. The highest BCUT2D eigenvalue weighted by Crippen LogP contribution is 2.33. The molecule has 2 aliphatic rings. The summed E-state index contributed by atoms with van der Waals surface area (Å²) < 4.78 is 16.4. The maximum atomic E-state index is 13.0. The second-order valence-electron chi connectivity index (χ2n) is 6.82. The second-order valence-corrected chi connectivity index (χ2v) is 6.82. The molecule has 0 aromatic heterocycles. The molecule has 0 unspecified atom stereocenters. The molecule has 2 amide bonds. The number of anilines is 1. The molecule has 0 bridgehead atoms. The van der Waals surface area contributed by atoms with Crippen LogP contribution in [0.25, 0.3) is 0 Å². The zero-order chi connectivity index (χ0) is 19.3. The third-order valence-corrected chi connectivity index (χ3v) is 5.12. The van der Waals surface area contributed by atoms with E-state index < -0.39 is 5.41 Å². The van der Waals surface area contributed by atoms with E-state index in [4.69, 9.17) is 19.9 Å². The number of hydrogen-bond donors (Lipinski definition) is 2. The number of ether oxygens (including phenoxy) is 3. The van der Waals surface area contributed by atoms with Crippen LogP contribution in [0.4, 0.5) is 5.69 Å². The average molecular weight is 414 g/mol. The van der Waals surface area contributed by atoms with Gasteiger partial charge < -0.3 is 30.2 Å². The van der Waals surface area contributed by atoms with Crippen molar-refractivity contribution >= 4 is 29.9 Å². The Hall–Kier alpha value is -2.03. The summed E-state index contributed by atoms with van der Waals surface area (Å²) in [5.41, 5.74) is 5.89. The quantitative estimate of drug-likeness (QED) is 0.731. The molecular formula is C19H28ClN3O5. The van der Waals surface area contributed by atoms with Crippen LogP contribution in [0.1, 0.15) is 19.8 Å². The molecule has 0 atom stereocenters. The molecule has 1 aromatic carbocycles. The number of halogens is 1. The average Bonchev–Trinajstić information content (AvgIpc) is 2.72. The van der Waals surface area contributed by atoms with Gasteiger partial charge in [0.05, 0.1) is 12.0 Å². The molecule has 0 radical (unpaired) electrons. The van der Waals surface area contributed by atoms with Gasteiger partial charge in [-0.05, 0) is 31.9 Å². The fraction of sp³-hybridized carbons (Fsp3) is 0.579. The first-order chi connectivity index (χ1) is 13.1. The largest absolute Gasteiger partial charge is 0.486 e. The highest BCUT2D eigenvalue weighted by atomic mass is 35.5. The number of carbonyl (C=O) groups excluding carboxylic acids is 2. The topological polar surface area (TPSA) is 103 Å². The molecule has 28 heavy (non-hydrogen) atoms. The minimum absolute atomic E-state index is 0. The van der Waals surface area contributed by atoms with Gasteiger partial charge in [0.2, 0.25) is 11.8 Å². The first-order valence-corrected chi connectivity index (χ1v) is 9.34. The minimum atomic E-state index is -0.633. The first-order valence-electron chi connectivity index (χ1n) is 9.34. The van der Waals surface area contributed by atoms with Crippen LogP contribution in [-0.4, -0.2) is 62.8 Å². The molecule has 156 valence electrons. The Kier molecular flexibility index (Phi) is 7.91. The van der Waals surface area contributed by atoms with Crippen LogP contribution in [0.15, 0.2) is 18.2 Å². The maximum absolute atomic E-state index is 13.0. The Balaban J connectivity index is 0.00000280. The van der Waals surface area contributed by atoms with Gasteiger partial charge >= 0.3 is 0 Å². The molecular weight excluding hydrogens is 386 g/mol. The van der Waals surface area contributed by atoms with Gasteiger partial charge in [-0.1, -0.05) is 0 Å². The predicted octanol–water partition coefficient (Wildman–Crippen LogP) is 1.42. The van der Waals surface area contributed by atoms with Crippen molar-refractivity contribution in [3.05, 3.63) is 18.2 Å². The Bertz CT molecular complexity index is 694. The number of likely N-dealkylation sites (N-methyl/N-ethyl adjacent to an activating group) is 1. The molecule has 8 nitrogen and oxygen atoms in total. The van der Waals surface area contributed by atoms with Crippen molar-refractivity contribution in [1.29, 1.82) is 0 Å². The van der Waals surface area contributed by atoms with Crippen LogP contribution >= 0.6 is 12.4 Å². The highest BCUT2D eigenvalue weighted by molar-refractivity contribution is 5.95. The normalized spacial score (nSPS) is 17.2. The van der Waals surface area contributed by atoms with E-state index >= 15 is 0 Å². The molecule has 0 spiro atoms. The summed E-state index contributed by atoms with van der Waals surface area (Å²) >= 11 is 0. The molecule has 0 saturated carbocycles. The van der Waals surface area contributed by atoms with Crippen molar-refractivity contribution < 1.29 is 23.8 Å². The number of carbonyl (C=O) groups is 2. The zero-order valence-electron chi connectivity index (χ0n) is 16.1. The number of amides is 2. The number of benzene rings is 1. The lowest BCUT2D eigenvalue weighted by Gasteiger charge is -2.38. The van der Waals surface area contributed by atoms with E-state index in [0.29, 0.717) is 63.0 Å². The third-order valence-electron chi connectivity index (χ3n) is 5.12. The van der Waals surface area contributed by atoms with Gasteiger partial charge in [-0.3, -0.25) is 9.59 Å². The van der Waals surface area contributed by atoms with E-state index in [-0.39, 0.29) is 37.3 Å². The fourth-order valence-corrected chi connectivity index (χ4v) is 3.43. The molecule has 3 rings (SSSR count). The van der Waals surface area contributed by atoms with Gasteiger partial charge in [0, 0.05) is 38.1 Å². The Morgan fingerprint density at radius 1 is 1.14 bits per heavy atom. The van der Waals surface area contributed by atoms with Gasteiger partial charge in [0.25, 0.3) is 0 Å². The SMILES string of the molecule is CCN(CC(=O)Nc1ccc2c(c1)OCCO2)C(=O)C1(CN)CCOCC1.Cl. The molecule has 3 N–H and O–H groups in total. The lowest BCUT2D eigenvalue weighted by molar-refractivity contribution is -0.148. The van der Waals surface area contributed by atoms with Crippen LogP contribution in [0.5, 0.6) is 11.5 Å². The lowest BCUT2D eigenvalue weighted by Crippen LogP contribution is -2.52. The van der Waals surface area contributed by atoms with Gasteiger partial charge in [0.1, 0.15) is 13.2 Å². The van der Waals surface area contributed by atoms with Gasteiger partial charge in [-0.2, -0.15) is 0 Å². The van der Waals surface area contributed by atoms with Crippen molar-refractivity contribution in [3.63, 3.8) is 0 Å². The number of hydrogen-bond acceptors (Lipinski definition) is 6. The van der Waals surface area contributed by atoms with E-state index in [0.717, 1.165) is 0 Å². The van der Waals surface area contributed by atoms with E-state index in [1.165, 1.54) is 0 Å². The van der Waals surface area contributed by atoms with Crippen molar-refractivity contribution in [1.82, 2.24) is 4.90 Å². The Labute approximate surface area is 171 Å². The molecule has 0 aliphatic carbocycles. The van der Waals surface area contributed by atoms with E-state index in [9.17, 15) is 9.59 Å². The molecule has 9 heteroatoms. The highest BCUT2D eigenvalue weighted by Gasteiger charge is 2.41. The summed E-state index contributed by atoms with van der Waals surface area (Å²) in [6, 6.07) is 5.24. The molecule has 1 fully saturated rings. The standard InChI is InChI=1S/C19H27N3O5.ClH/c1-2-22(18(24)19(13-20)5-7-25-8-6-19)12-17(23)21-14-3-4-15-16(11-14)27-10-9-26-15;/h3-4,11H,2,5-10,12-13,20H2,1H3,(H,21,23);1H. The Morgan fingerprint density at radius 2 is 1.82 bits per heavy atom.